The van der Waals surface area contributed by atoms with Gasteiger partial charge in [0.1, 0.15) is 0 Å². The summed E-state index contributed by atoms with van der Waals surface area (Å²) in [6.45, 7) is 8.99. The van der Waals surface area contributed by atoms with Crippen molar-refractivity contribution in [2.24, 2.45) is 5.41 Å². The van der Waals surface area contributed by atoms with Crippen LogP contribution < -0.4 is 0 Å². The molecule has 1 saturated heterocycles. The second kappa shape index (κ2) is 9.15. The van der Waals surface area contributed by atoms with Crippen molar-refractivity contribution in [1.82, 2.24) is 14.8 Å². The fraction of sp³-hybridized carbons (Fsp3) is 0.615. The molecule has 31 heavy (non-hydrogen) atoms. The van der Waals surface area contributed by atoms with Crippen LogP contribution in [-0.4, -0.2) is 52.3 Å². The summed E-state index contributed by atoms with van der Waals surface area (Å²) in [5.74, 6) is 0.0112. The standard InChI is InChI=1S/C26H37N3O2/c1-4-13-28(14-5-6-15-29-24(30)17-26(2,3)18-25(29)31)20-9-7-19-8-10-23-21(11-12-27-23)22(19)16-20/h8,10-12,20,27H,4-7,9,13-18H2,1-3H3/t20-/m1/s1. The van der Waals surface area contributed by atoms with E-state index in [2.05, 4.69) is 35.0 Å². The third kappa shape index (κ3) is 4.87. The van der Waals surface area contributed by atoms with Crippen molar-refractivity contribution in [1.29, 1.82) is 0 Å². The summed E-state index contributed by atoms with van der Waals surface area (Å²) >= 11 is 0. The van der Waals surface area contributed by atoms with Gasteiger partial charge in [-0.2, -0.15) is 0 Å². The molecule has 1 aliphatic carbocycles. The van der Waals surface area contributed by atoms with E-state index in [0.29, 0.717) is 25.4 Å². The topological polar surface area (TPSA) is 56.4 Å². The number of hydrogen-bond donors (Lipinski definition) is 1. The Labute approximate surface area is 186 Å². The van der Waals surface area contributed by atoms with Gasteiger partial charge in [-0.25, -0.2) is 0 Å². The van der Waals surface area contributed by atoms with E-state index in [1.165, 1.54) is 33.4 Å². The minimum absolute atomic E-state index is 0.00562. The van der Waals surface area contributed by atoms with Crippen LogP contribution in [0.15, 0.2) is 24.4 Å². The van der Waals surface area contributed by atoms with Gasteiger partial charge >= 0.3 is 0 Å². The van der Waals surface area contributed by atoms with Gasteiger partial charge in [0.15, 0.2) is 0 Å². The molecule has 1 N–H and O–H groups in total. The van der Waals surface area contributed by atoms with E-state index in [-0.39, 0.29) is 17.2 Å². The summed E-state index contributed by atoms with van der Waals surface area (Å²) in [6.07, 6.45) is 9.55. The Hall–Kier alpha value is -2.14. The van der Waals surface area contributed by atoms with Crippen molar-refractivity contribution in [2.75, 3.05) is 19.6 Å². The number of benzene rings is 1. The predicted octanol–water partition coefficient (Wildman–Crippen LogP) is 4.69. The lowest BCUT2D eigenvalue weighted by atomic mass is 9.81. The minimum Gasteiger partial charge on any atom is -0.361 e. The summed E-state index contributed by atoms with van der Waals surface area (Å²) in [7, 11) is 0. The highest BCUT2D eigenvalue weighted by Crippen LogP contribution is 2.32. The lowest BCUT2D eigenvalue weighted by Gasteiger charge is -2.36. The van der Waals surface area contributed by atoms with Gasteiger partial charge in [-0.15, -0.1) is 0 Å². The van der Waals surface area contributed by atoms with Gasteiger partial charge in [0.25, 0.3) is 0 Å². The number of likely N-dealkylation sites (tertiary alicyclic amines) is 1. The first-order chi connectivity index (χ1) is 14.9. The van der Waals surface area contributed by atoms with Gasteiger partial charge in [0.05, 0.1) is 0 Å². The number of fused-ring (bicyclic) bond motifs is 3. The number of aryl methyl sites for hydroxylation is 1. The van der Waals surface area contributed by atoms with E-state index in [4.69, 9.17) is 0 Å². The molecule has 1 aromatic carbocycles. The fourth-order valence-electron chi connectivity index (χ4n) is 5.50. The average Bonchev–Trinajstić information content (AvgIpc) is 3.20. The molecule has 1 aliphatic heterocycles. The molecule has 0 unspecified atom stereocenters. The van der Waals surface area contributed by atoms with Crippen molar-refractivity contribution in [2.45, 2.75) is 78.2 Å². The van der Waals surface area contributed by atoms with Crippen LogP contribution in [0.25, 0.3) is 10.9 Å². The Morgan fingerprint density at radius 2 is 1.87 bits per heavy atom. The van der Waals surface area contributed by atoms with Crippen LogP contribution in [-0.2, 0) is 22.4 Å². The molecule has 0 spiro atoms. The molecule has 2 aromatic rings. The summed E-state index contributed by atoms with van der Waals surface area (Å²) in [4.78, 5) is 32.3. The third-order valence-electron chi connectivity index (χ3n) is 7.10. The van der Waals surface area contributed by atoms with Crippen molar-refractivity contribution in [3.8, 4) is 0 Å². The molecule has 5 heteroatoms. The molecule has 1 fully saturated rings. The van der Waals surface area contributed by atoms with Gasteiger partial charge in [0.2, 0.25) is 11.8 Å². The molecule has 1 atom stereocenters. The van der Waals surface area contributed by atoms with Gasteiger partial charge < -0.3 is 9.88 Å². The number of imide groups is 1. The molecule has 1 aromatic heterocycles. The first kappa shape index (κ1) is 22.1. The van der Waals surface area contributed by atoms with E-state index in [1.54, 1.807) is 0 Å². The number of nitrogens with one attached hydrogen (secondary N) is 1. The highest BCUT2D eigenvalue weighted by Gasteiger charge is 2.37. The normalized spacial score (nSPS) is 21.2. The molecule has 0 saturated carbocycles. The molecule has 5 nitrogen and oxygen atoms in total. The number of hydrogen-bond acceptors (Lipinski definition) is 3. The molecule has 2 amide bonds. The maximum absolute atomic E-state index is 12.4. The number of piperidine rings is 1. The van der Waals surface area contributed by atoms with E-state index in [1.807, 2.05) is 20.0 Å². The van der Waals surface area contributed by atoms with Crippen molar-refractivity contribution >= 4 is 22.7 Å². The Balaban J connectivity index is 1.33. The molecule has 168 valence electrons. The van der Waals surface area contributed by atoms with Crippen molar-refractivity contribution < 1.29 is 9.59 Å². The molecule has 0 radical (unpaired) electrons. The summed E-state index contributed by atoms with van der Waals surface area (Å²) in [5, 5.41) is 1.38. The second-order valence-electron chi connectivity index (χ2n) is 10.2. The molecular weight excluding hydrogens is 386 g/mol. The van der Waals surface area contributed by atoms with Crippen molar-refractivity contribution in [3.05, 3.63) is 35.5 Å². The zero-order chi connectivity index (χ0) is 22.0. The number of carbonyl (C=O) groups excluding carboxylic acids is 2. The van der Waals surface area contributed by atoms with E-state index < -0.39 is 0 Å². The number of nitrogens with zero attached hydrogens (tertiary/aromatic N) is 2. The van der Waals surface area contributed by atoms with Gasteiger partial charge in [-0.05, 0) is 80.3 Å². The molecule has 4 rings (SSSR count). The van der Waals surface area contributed by atoms with Crippen LogP contribution in [0.4, 0.5) is 0 Å². The van der Waals surface area contributed by atoms with E-state index >= 15 is 0 Å². The summed E-state index contributed by atoms with van der Waals surface area (Å²) < 4.78 is 0. The number of aromatic nitrogens is 1. The van der Waals surface area contributed by atoms with Crippen molar-refractivity contribution in [3.63, 3.8) is 0 Å². The SMILES string of the molecule is CCCN(CCCCN1C(=O)CC(C)(C)CC1=O)[C@@H]1CCc2ccc3[nH]ccc3c2C1. The maximum atomic E-state index is 12.4. The maximum Gasteiger partial charge on any atom is 0.229 e. The number of unbranched alkanes of at least 4 members (excludes halogenated alkanes) is 1. The lowest BCUT2D eigenvalue weighted by Crippen LogP contribution is -2.46. The Morgan fingerprint density at radius 3 is 2.61 bits per heavy atom. The molecular formula is C26H37N3O2. The number of carbonyl (C=O) groups is 2. The minimum atomic E-state index is -0.190. The second-order valence-corrected chi connectivity index (χ2v) is 10.2. The summed E-state index contributed by atoms with van der Waals surface area (Å²) in [6, 6.07) is 7.30. The quantitative estimate of drug-likeness (QED) is 0.495. The highest BCUT2D eigenvalue weighted by atomic mass is 16.2. The van der Waals surface area contributed by atoms with Crippen LogP contribution in [0.1, 0.15) is 70.4 Å². The first-order valence-corrected chi connectivity index (χ1v) is 12.0. The number of rotatable bonds is 8. The van der Waals surface area contributed by atoms with E-state index in [0.717, 1.165) is 45.2 Å². The average molecular weight is 424 g/mol. The van der Waals surface area contributed by atoms with Crippen LogP contribution >= 0.6 is 0 Å². The van der Waals surface area contributed by atoms with Gasteiger partial charge in [-0.3, -0.25) is 14.5 Å². The smallest absolute Gasteiger partial charge is 0.229 e. The number of H-pyrrole nitrogens is 1. The van der Waals surface area contributed by atoms with Crippen LogP contribution in [0.5, 0.6) is 0 Å². The monoisotopic (exact) mass is 423 g/mol. The zero-order valence-electron chi connectivity index (χ0n) is 19.4. The Morgan fingerprint density at radius 1 is 1.10 bits per heavy atom. The lowest BCUT2D eigenvalue weighted by molar-refractivity contribution is -0.152. The Bertz CT molecular complexity index is 925. The number of aromatic amines is 1. The number of amides is 2. The molecule has 2 heterocycles. The van der Waals surface area contributed by atoms with Gasteiger partial charge in [-0.1, -0.05) is 26.8 Å². The molecule has 0 bridgehead atoms. The predicted molar refractivity (Wildman–Crippen MR) is 125 cm³/mol. The summed E-state index contributed by atoms with van der Waals surface area (Å²) in [5.41, 5.74) is 4.07. The highest BCUT2D eigenvalue weighted by molar-refractivity contribution is 5.98. The first-order valence-electron chi connectivity index (χ1n) is 12.0. The van der Waals surface area contributed by atoms with E-state index in [9.17, 15) is 9.59 Å². The third-order valence-corrected chi connectivity index (χ3v) is 7.10. The van der Waals surface area contributed by atoms with Crippen LogP contribution in [0, 0.1) is 5.41 Å². The van der Waals surface area contributed by atoms with Gasteiger partial charge in [0, 0.05) is 42.5 Å². The molecule has 2 aliphatic rings. The van der Waals surface area contributed by atoms with Crippen LogP contribution in [0.2, 0.25) is 0 Å². The Kier molecular flexibility index (Phi) is 6.52. The largest absolute Gasteiger partial charge is 0.361 e. The fourth-order valence-corrected chi connectivity index (χ4v) is 5.50. The van der Waals surface area contributed by atoms with Crippen LogP contribution in [0.3, 0.4) is 0 Å². The zero-order valence-corrected chi connectivity index (χ0v) is 19.4.